The van der Waals surface area contributed by atoms with Crippen molar-refractivity contribution in [1.82, 2.24) is 5.32 Å². The van der Waals surface area contributed by atoms with Gasteiger partial charge in [0.25, 0.3) is 17.1 Å². The Balaban J connectivity index is 1.94. The van der Waals surface area contributed by atoms with Crippen LogP contribution >= 0.6 is 11.8 Å². The van der Waals surface area contributed by atoms with Gasteiger partial charge in [-0.1, -0.05) is 44.4 Å². The van der Waals surface area contributed by atoms with E-state index in [9.17, 15) is 14.4 Å². The fraction of sp³-hybridized carbons (Fsp3) is 0.353. The summed E-state index contributed by atoms with van der Waals surface area (Å²) in [6.45, 7) is 2.78. The topological polar surface area (TPSA) is 66.5 Å². The molecule has 0 saturated carbocycles. The number of fused-ring (bicyclic) bond motifs is 1. The lowest BCUT2D eigenvalue weighted by atomic mass is 10.1. The lowest BCUT2D eigenvalue weighted by Gasteiger charge is -2.16. The number of imide groups is 1. The SMILES string of the molecule is CCCCCCN1C(=O)/C(=C2/SC(=O)NC2=O)c2ccccc21. The van der Waals surface area contributed by atoms with Crippen LogP contribution in [0.2, 0.25) is 0 Å². The molecule has 0 bridgehead atoms. The molecule has 3 rings (SSSR count). The quantitative estimate of drug-likeness (QED) is 0.664. The van der Waals surface area contributed by atoms with Crippen LogP contribution in [0.15, 0.2) is 29.2 Å². The third-order valence-corrected chi connectivity index (χ3v) is 4.88. The molecule has 0 unspecified atom stereocenters. The normalized spacial score (nSPS) is 20.2. The molecule has 3 amide bonds. The lowest BCUT2D eigenvalue weighted by Crippen LogP contribution is -2.28. The predicted molar refractivity (Wildman–Crippen MR) is 91.0 cm³/mol. The van der Waals surface area contributed by atoms with Gasteiger partial charge in [0.05, 0.1) is 16.2 Å². The molecule has 23 heavy (non-hydrogen) atoms. The fourth-order valence-electron chi connectivity index (χ4n) is 2.90. The molecule has 1 fully saturated rings. The minimum atomic E-state index is -0.481. The van der Waals surface area contributed by atoms with E-state index in [-0.39, 0.29) is 10.8 Å². The van der Waals surface area contributed by atoms with Crippen LogP contribution in [0.4, 0.5) is 10.5 Å². The van der Waals surface area contributed by atoms with E-state index in [4.69, 9.17) is 0 Å². The van der Waals surface area contributed by atoms with Crippen molar-refractivity contribution >= 4 is 40.1 Å². The number of unbranched alkanes of at least 4 members (excludes halogenated alkanes) is 3. The zero-order chi connectivity index (χ0) is 16.4. The number of para-hydroxylation sites is 1. The van der Waals surface area contributed by atoms with Crippen molar-refractivity contribution in [3.8, 4) is 0 Å². The standard InChI is InChI=1S/C17H18N2O3S/c1-2-3-4-7-10-19-12-9-6-5-8-11(12)13(16(19)21)14-15(20)18-17(22)23-14/h5-6,8-9H,2-4,7,10H2,1H3,(H,18,20,22)/b14-13+. The average Bonchev–Trinajstić information content (AvgIpc) is 3.00. The van der Waals surface area contributed by atoms with E-state index in [1.165, 1.54) is 0 Å². The summed E-state index contributed by atoms with van der Waals surface area (Å²) >= 11 is 0.805. The summed E-state index contributed by atoms with van der Waals surface area (Å²) in [5.41, 5.74) is 1.91. The molecule has 1 N–H and O–H groups in total. The van der Waals surface area contributed by atoms with Gasteiger partial charge in [0.1, 0.15) is 0 Å². The molecule has 1 aromatic rings. The van der Waals surface area contributed by atoms with Crippen molar-refractivity contribution in [1.29, 1.82) is 0 Å². The first kappa shape index (κ1) is 15.8. The summed E-state index contributed by atoms with van der Waals surface area (Å²) in [5, 5.41) is 1.80. The molecular formula is C17H18N2O3S. The van der Waals surface area contributed by atoms with Crippen molar-refractivity contribution in [3.63, 3.8) is 0 Å². The second-order valence-corrected chi connectivity index (χ2v) is 6.57. The van der Waals surface area contributed by atoms with Gasteiger partial charge in [-0.25, -0.2) is 0 Å². The minimum absolute atomic E-state index is 0.185. The van der Waals surface area contributed by atoms with E-state index in [2.05, 4.69) is 12.2 Å². The van der Waals surface area contributed by atoms with Crippen LogP contribution in [0.5, 0.6) is 0 Å². The number of anilines is 1. The van der Waals surface area contributed by atoms with Gasteiger partial charge in [-0.05, 0) is 24.2 Å². The van der Waals surface area contributed by atoms with Gasteiger partial charge >= 0.3 is 0 Å². The number of nitrogens with one attached hydrogen (secondary N) is 1. The largest absolute Gasteiger partial charge is 0.308 e. The second-order valence-electron chi connectivity index (χ2n) is 5.58. The highest BCUT2D eigenvalue weighted by Gasteiger charge is 2.39. The van der Waals surface area contributed by atoms with Crippen molar-refractivity contribution in [3.05, 3.63) is 34.7 Å². The second kappa shape index (κ2) is 6.58. The molecule has 2 aliphatic rings. The summed E-state index contributed by atoms with van der Waals surface area (Å²) in [5.74, 6) is -0.666. The van der Waals surface area contributed by atoms with Crippen LogP contribution in [0.25, 0.3) is 5.57 Å². The first-order valence-electron chi connectivity index (χ1n) is 7.82. The molecule has 6 heteroatoms. The molecule has 5 nitrogen and oxygen atoms in total. The maximum absolute atomic E-state index is 12.8. The van der Waals surface area contributed by atoms with E-state index < -0.39 is 11.1 Å². The summed E-state index contributed by atoms with van der Waals surface area (Å²) in [7, 11) is 0. The Labute approximate surface area is 139 Å². The highest BCUT2D eigenvalue weighted by Crippen LogP contribution is 2.42. The summed E-state index contributed by atoms with van der Waals surface area (Å²) in [6.07, 6.45) is 4.28. The van der Waals surface area contributed by atoms with Gasteiger partial charge in [0.15, 0.2) is 0 Å². The number of benzene rings is 1. The van der Waals surface area contributed by atoms with Crippen LogP contribution in [0.3, 0.4) is 0 Å². The number of hydrogen-bond donors (Lipinski definition) is 1. The predicted octanol–water partition coefficient (Wildman–Crippen LogP) is 3.31. The number of rotatable bonds is 5. The molecule has 0 radical (unpaired) electrons. The molecule has 0 aromatic heterocycles. The number of carbonyl (C=O) groups is 3. The van der Waals surface area contributed by atoms with Gasteiger partial charge in [-0.3, -0.25) is 19.7 Å². The van der Waals surface area contributed by atoms with Gasteiger partial charge in [-0.15, -0.1) is 0 Å². The Hall–Kier alpha value is -2.08. The average molecular weight is 330 g/mol. The van der Waals surface area contributed by atoms with Crippen LogP contribution < -0.4 is 10.2 Å². The van der Waals surface area contributed by atoms with Gasteiger partial charge < -0.3 is 4.90 Å². The van der Waals surface area contributed by atoms with E-state index in [0.29, 0.717) is 12.1 Å². The van der Waals surface area contributed by atoms with E-state index in [1.54, 1.807) is 4.90 Å². The Morgan fingerprint density at radius 3 is 2.57 bits per heavy atom. The number of amides is 3. The van der Waals surface area contributed by atoms with Crippen molar-refractivity contribution < 1.29 is 14.4 Å². The zero-order valence-corrected chi connectivity index (χ0v) is 13.7. The van der Waals surface area contributed by atoms with Crippen LogP contribution in [-0.4, -0.2) is 23.6 Å². The molecule has 0 spiro atoms. The molecule has 2 heterocycles. The fourth-order valence-corrected chi connectivity index (χ4v) is 3.67. The van der Waals surface area contributed by atoms with Crippen molar-refractivity contribution in [2.24, 2.45) is 0 Å². The van der Waals surface area contributed by atoms with E-state index >= 15 is 0 Å². The highest BCUT2D eigenvalue weighted by atomic mass is 32.2. The molecule has 0 atom stereocenters. The van der Waals surface area contributed by atoms with Gasteiger partial charge in [0, 0.05) is 12.1 Å². The number of carbonyl (C=O) groups excluding carboxylic acids is 3. The molecule has 2 aliphatic heterocycles. The van der Waals surface area contributed by atoms with E-state index in [1.807, 2.05) is 24.3 Å². The van der Waals surface area contributed by atoms with Gasteiger partial charge in [-0.2, -0.15) is 0 Å². The summed E-state index contributed by atoms with van der Waals surface area (Å²) in [6, 6.07) is 7.44. The number of hydrogen-bond acceptors (Lipinski definition) is 4. The number of thioether (sulfide) groups is 1. The monoisotopic (exact) mass is 330 g/mol. The van der Waals surface area contributed by atoms with Gasteiger partial charge in [0.2, 0.25) is 0 Å². The summed E-state index contributed by atoms with van der Waals surface area (Å²) < 4.78 is 0. The van der Waals surface area contributed by atoms with Crippen molar-refractivity contribution in [2.45, 2.75) is 32.6 Å². The highest BCUT2D eigenvalue weighted by molar-refractivity contribution is 8.18. The van der Waals surface area contributed by atoms with E-state index in [0.717, 1.165) is 48.7 Å². The Morgan fingerprint density at radius 2 is 1.87 bits per heavy atom. The third kappa shape index (κ3) is 2.91. The molecular weight excluding hydrogens is 312 g/mol. The maximum Gasteiger partial charge on any atom is 0.290 e. The van der Waals surface area contributed by atoms with Crippen LogP contribution in [0, 0.1) is 0 Å². The smallest absolute Gasteiger partial charge is 0.290 e. The Bertz CT molecular complexity index is 712. The first-order valence-corrected chi connectivity index (χ1v) is 8.64. The summed E-state index contributed by atoms with van der Waals surface area (Å²) in [4.78, 5) is 38.2. The lowest BCUT2D eigenvalue weighted by molar-refractivity contribution is -0.116. The van der Waals surface area contributed by atoms with Crippen molar-refractivity contribution in [2.75, 3.05) is 11.4 Å². The molecule has 0 aliphatic carbocycles. The molecule has 1 saturated heterocycles. The number of nitrogens with zero attached hydrogens (tertiary/aromatic N) is 1. The first-order chi connectivity index (χ1) is 11.1. The van der Waals surface area contributed by atoms with Crippen LogP contribution in [0.1, 0.15) is 38.2 Å². The van der Waals surface area contributed by atoms with Crippen LogP contribution in [-0.2, 0) is 9.59 Å². The maximum atomic E-state index is 12.8. The Morgan fingerprint density at radius 1 is 1.09 bits per heavy atom. The zero-order valence-electron chi connectivity index (χ0n) is 12.9. The minimum Gasteiger partial charge on any atom is -0.308 e. The molecule has 120 valence electrons. The molecule has 1 aromatic carbocycles. The third-order valence-electron chi connectivity index (χ3n) is 4.00. The Kier molecular flexibility index (Phi) is 4.52.